The summed E-state index contributed by atoms with van der Waals surface area (Å²) in [5, 5.41) is 19.0. The molecule has 1 rings (SSSR count). The van der Waals surface area contributed by atoms with Gasteiger partial charge in [0, 0.05) is 0 Å². The SMILES string of the molecule is CC(C)C[C@@H](C#N)[C@@H](O)c1ccccc1. The van der Waals surface area contributed by atoms with Crippen molar-refractivity contribution in [1.82, 2.24) is 0 Å². The summed E-state index contributed by atoms with van der Waals surface area (Å²) >= 11 is 0. The second-order valence-corrected chi connectivity index (χ2v) is 4.22. The van der Waals surface area contributed by atoms with Crippen molar-refractivity contribution in [3.8, 4) is 6.07 Å². The Kier molecular flexibility index (Phi) is 4.33. The van der Waals surface area contributed by atoms with Crippen molar-refractivity contribution >= 4 is 0 Å². The average molecular weight is 203 g/mol. The normalized spacial score (nSPS) is 14.6. The lowest BCUT2D eigenvalue weighted by molar-refractivity contribution is 0.123. The van der Waals surface area contributed by atoms with E-state index >= 15 is 0 Å². The molecule has 0 fully saturated rings. The average Bonchev–Trinajstić information content (AvgIpc) is 2.26. The van der Waals surface area contributed by atoms with Crippen LogP contribution < -0.4 is 0 Å². The van der Waals surface area contributed by atoms with Crippen molar-refractivity contribution in [3.63, 3.8) is 0 Å². The van der Waals surface area contributed by atoms with Gasteiger partial charge in [0.1, 0.15) is 0 Å². The second-order valence-electron chi connectivity index (χ2n) is 4.22. The van der Waals surface area contributed by atoms with Gasteiger partial charge in [-0.1, -0.05) is 44.2 Å². The molecule has 0 saturated carbocycles. The highest BCUT2D eigenvalue weighted by molar-refractivity contribution is 5.19. The van der Waals surface area contributed by atoms with Crippen molar-refractivity contribution in [2.45, 2.75) is 26.4 Å². The highest BCUT2D eigenvalue weighted by Gasteiger charge is 2.21. The summed E-state index contributed by atoms with van der Waals surface area (Å²) in [6.07, 6.45) is 0.0608. The van der Waals surface area contributed by atoms with Crippen LogP contribution in [-0.2, 0) is 0 Å². The number of rotatable bonds is 4. The molecule has 1 N–H and O–H groups in total. The molecule has 0 saturated heterocycles. The molecule has 2 heteroatoms. The van der Waals surface area contributed by atoms with E-state index in [9.17, 15) is 5.11 Å². The molecule has 0 aliphatic rings. The van der Waals surface area contributed by atoms with Crippen LogP contribution in [0.15, 0.2) is 30.3 Å². The molecule has 0 spiro atoms. The summed E-state index contributed by atoms with van der Waals surface area (Å²) in [5.41, 5.74) is 0.824. The van der Waals surface area contributed by atoms with Crippen molar-refractivity contribution < 1.29 is 5.11 Å². The van der Waals surface area contributed by atoms with Gasteiger partial charge in [-0.3, -0.25) is 0 Å². The molecule has 1 aromatic carbocycles. The fourth-order valence-electron chi connectivity index (χ4n) is 1.64. The van der Waals surface area contributed by atoms with Gasteiger partial charge in [0.2, 0.25) is 0 Å². The second kappa shape index (κ2) is 5.53. The smallest absolute Gasteiger partial charge is 0.0948 e. The standard InChI is InChI=1S/C13H17NO/c1-10(2)8-12(9-14)13(15)11-6-4-3-5-7-11/h3-7,10,12-13,15H,8H2,1-2H3/t12-,13-/m0/s1. The number of nitrogens with zero attached hydrogens (tertiary/aromatic N) is 1. The highest BCUT2D eigenvalue weighted by atomic mass is 16.3. The molecule has 2 nitrogen and oxygen atoms in total. The fourth-order valence-corrected chi connectivity index (χ4v) is 1.64. The van der Waals surface area contributed by atoms with Gasteiger partial charge in [-0.2, -0.15) is 5.26 Å². The Bertz CT molecular complexity index is 326. The molecule has 0 heterocycles. The minimum Gasteiger partial charge on any atom is -0.387 e. The van der Waals surface area contributed by atoms with Crippen LogP contribution in [0.1, 0.15) is 31.9 Å². The molecular formula is C13H17NO. The quantitative estimate of drug-likeness (QED) is 0.817. The van der Waals surface area contributed by atoms with E-state index in [2.05, 4.69) is 19.9 Å². The summed E-state index contributed by atoms with van der Waals surface area (Å²) in [6.45, 7) is 4.12. The lowest BCUT2D eigenvalue weighted by Gasteiger charge is -2.18. The maximum atomic E-state index is 10.0. The summed E-state index contributed by atoms with van der Waals surface area (Å²) in [5.74, 6) is 0.111. The van der Waals surface area contributed by atoms with Crippen molar-refractivity contribution in [2.75, 3.05) is 0 Å². The third-order valence-corrected chi connectivity index (χ3v) is 2.41. The monoisotopic (exact) mass is 203 g/mol. The molecule has 0 radical (unpaired) electrons. The van der Waals surface area contributed by atoms with Crippen LogP contribution in [0.2, 0.25) is 0 Å². The first-order valence-electron chi connectivity index (χ1n) is 5.27. The molecule has 0 amide bonds. The molecule has 0 aliphatic heterocycles. The minimum atomic E-state index is -0.668. The van der Waals surface area contributed by atoms with E-state index < -0.39 is 6.10 Å². The molecule has 0 aliphatic carbocycles. The topological polar surface area (TPSA) is 44.0 Å². The van der Waals surface area contributed by atoms with Gasteiger partial charge >= 0.3 is 0 Å². The zero-order chi connectivity index (χ0) is 11.3. The molecule has 80 valence electrons. The lowest BCUT2D eigenvalue weighted by Crippen LogP contribution is -2.13. The Morgan fingerprint density at radius 2 is 1.87 bits per heavy atom. The van der Waals surface area contributed by atoms with E-state index in [1.807, 2.05) is 30.3 Å². The molecular weight excluding hydrogens is 186 g/mol. The molecule has 2 atom stereocenters. The van der Waals surface area contributed by atoms with E-state index in [4.69, 9.17) is 5.26 Å². The van der Waals surface area contributed by atoms with Crippen LogP contribution in [0.5, 0.6) is 0 Å². The number of nitriles is 1. The zero-order valence-electron chi connectivity index (χ0n) is 9.22. The first kappa shape index (κ1) is 11.7. The van der Waals surface area contributed by atoms with Crippen molar-refractivity contribution in [1.29, 1.82) is 5.26 Å². The largest absolute Gasteiger partial charge is 0.387 e. The number of aliphatic hydroxyl groups is 1. The van der Waals surface area contributed by atoms with Gasteiger partial charge in [-0.05, 0) is 17.9 Å². The summed E-state index contributed by atoms with van der Waals surface area (Å²) in [6, 6.07) is 11.6. The first-order valence-corrected chi connectivity index (χ1v) is 5.27. The van der Waals surface area contributed by atoms with Crippen LogP contribution in [0.3, 0.4) is 0 Å². The van der Waals surface area contributed by atoms with E-state index in [1.165, 1.54) is 0 Å². The third-order valence-electron chi connectivity index (χ3n) is 2.41. The van der Waals surface area contributed by atoms with E-state index in [0.29, 0.717) is 5.92 Å². The van der Waals surface area contributed by atoms with Crippen molar-refractivity contribution in [2.24, 2.45) is 11.8 Å². The molecule has 0 bridgehead atoms. The van der Waals surface area contributed by atoms with Crippen LogP contribution in [0, 0.1) is 23.2 Å². The third kappa shape index (κ3) is 3.38. The Balaban J connectivity index is 2.74. The molecule has 15 heavy (non-hydrogen) atoms. The predicted molar refractivity (Wildman–Crippen MR) is 60.0 cm³/mol. The highest BCUT2D eigenvalue weighted by Crippen LogP contribution is 2.26. The first-order chi connectivity index (χ1) is 7.15. The Labute approximate surface area is 91.2 Å². The van der Waals surface area contributed by atoms with Crippen molar-refractivity contribution in [3.05, 3.63) is 35.9 Å². The van der Waals surface area contributed by atoms with Gasteiger partial charge in [0.15, 0.2) is 0 Å². The predicted octanol–water partition coefficient (Wildman–Crippen LogP) is 2.91. The number of hydrogen-bond acceptors (Lipinski definition) is 2. The van der Waals surface area contributed by atoms with E-state index in [1.54, 1.807) is 0 Å². The number of hydrogen-bond donors (Lipinski definition) is 1. The number of aliphatic hydroxyl groups excluding tert-OH is 1. The van der Waals surface area contributed by atoms with Gasteiger partial charge in [0.05, 0.1) is 18.1 Å². The minimum absolute atomic E-state index is 0.313. The van der Waals surface area contributed by atoms with Gasteiger partial charge in [-0.25, -0.2) is 0 Å². The summed E-state index contributed by atoms with van der Waals surface area (Å²) in [4.78, 5) is 0. The van der Waals surface area contributed by atoms with Crippen LogP contribution in [-0.4, -0.2) is 5.11 Å². The molecule has 1 aromatic rings. The van der Waals surface area contributed by atoms with Gasteiger partial charge in [0.25, 0.3) is 0 Å². The van der Waals surface area contributed by atoms with Crippen LogP contribution in [0.25, 0.3) is 0 Å². The van der Waals surface area contributed by atoms with Crippen LogP contribution in [0.4, 0.5) is 0 Å². The maximum Gasteiger partial charge on any atom is 0.0948 e. The summed E-state index contributed by atoms with van der Waals surface area (Å²) in [7, 11) is 0. The number of benzene rings is 1. The zero-order valence-corrected chi connectivity index (χ0v) is 9.22. The Hall–Kier alpha value is -1.33. The van der Waals surface area contributed by atoms with Gasteiger partial charge < -0.3 is 5.11 Å². The molecule has 0 aromatic heterocycles. The van der Waals surface area contributed by atoms with Gasteiger partial charge in [-0.15, -0.1) is 0 Å². The van der Waals surface area contributed by atoms with E-state index in [-0.39, 0.29) is 5.92 Å². The lowest BCUT2D eigenvalue weighted by atomic mass is 9.89. The van der Waals surface area contributed by atoms with E-state index in [0.717, 1.165) is 12.0 Å². The van der Waals surface area contributed by atoms with Crippen LogP contribution >= 0.6 is 0 Å². The maximum absolute atomic E-state index is 10.0. The molecule has 0 unspecified atom stereocenters. The Morgan fingerprint density at radius 1 is 1.27 bits per heavy atom. The Morgan fingerprint density at radius 3 is 2.33 bits per heavy atom. The fraction of sp³-hybridized carbons (Fsp3) is 0.462. The summed E-state index contributed by atoms with van der Waals surface area (Å²) < 4.78 is 0.